The van der Waals surface area contributed by atoms with E-state index in [1.807, 2.05) is 12.1 Å². The van der Waals surface area contributed by atoms with Gasteiger partial charge in [0.25, 0.3) is 5.91 Å². The van der Waals surface area contributed by atoms with E-state index in [-0.39, 0.29) is 6.54 Å². The molecule has 0 spiro atoms. The number of aliphatic hydroxyl groups is 1. The molecule has 0 bridgehead atoms. The van der Waals surface area contributed by atoms with Crippen LogP contribution in [0.2, 0.25) is 0 Å². The quantitative estimate of drug-likeness (QED) is 0.413. The fourth-order valence-corrected chi connectivity index (χ4v) is 4.23. The van der Waals surface area contributed by atoms with E-state index in [1.165, 1.54) is 11.3 Å². The molecule has 1 aliphatic heterocycles. The summed E-state index contributed by atoms with van der Waals surface area (Å²) in [6.07, 6.45) is 0. The van der Waals surface area contributed by atoms with E-state index in [9.17, 15) is 9.59 Å². The predicted octanol–water partition coefficient (Wildman–Crippen LogP) is 2.03. The molecular weight excluding hydrogens is 464 g/mol. The van der Waals surface area contributed by atoms with Gasteiger partial charge in [0.1, 0.15) is 12.6 Å². The van der Waals surface area contributed by atoms with E-state index in [1.54, 1.807) is 24.3 Å². The fraction of sp³-hybridized carbons (Fsp3) is 0.267. The monoisotopic (exact) mass is 496 g/mol. The maximum absolute atomic E-state index is 12.3. The second-order valence-electron chi connectivity index (χ2n) is 9.01. The molecule has 1 fully saturated rings. The highest BCUT2D eigenvalue weighted by atomic mass is 16.3. The molecule has 190 valence electrons. The van der Waals surface area contributed by atoms with Crippen molar-refractivity contribution in [2.45, 2.75) is 12.6 Å². The summed E-state index contributed by atoms with van der Waals surface area (Å²) < 4.78 is 0. The van der Waals surface area contributed by atoms with E-state index in [0.717, 1.165) is 43.9 Å². The van der Waals surface area contributed by atoms with Gasteiger partial charge in [-0.1, -0.05) is 42.2 Å². The summed E-state index contributed by atoms with van der Waals surface area (Å²) >= 11 is 0. The van der Waals surface area contributed by atoms with Gasteiger partial charge >= 0.3 is 0 Å². The lowest BCUT2D eigenvalue weighted by molar-refractivity contribution is -0.123. The molecule has 4 rings (SSSR count). The maximum Gasteiger partial charge on any atom is 0.251 e. The summed E-state index contributed by atoms with van der Waals surface area (Å²) in [5, 5.41) is 11.5. The number of hydrogen-bond donors (Lipinski definition) is 3. The largest absolute Gasteiger partial charge is 0.388 e. The first-order valence-electron chi connectivity index (χ1n) is 12.4. The summed E-state index contributed by atoms with van der Waals surface area (Å²) in [7, 11) is 0. The number of ketones is 1. The van der Waals surface area contributed by atoms with Gasteiger partial charge in [0.15, 0.2) is 5.78 Å². The van der Waals surface area contributed by atoms with Crippen molar-refractivity contribution in [1.82, 2.24) is 10.2 Å². The number of piperazine rings is 1. The first-order chi connectivity index (χ1) is 18.1. The first-order valence-corrected chi connectivity index (χ1v) is 12.4. The van der Waals surface area contributed by atoms with Crippen LogP contribution in [-0.4, -0.2) is 67.1 Å². The second kappa shape index (κ2) is 12.8. The van der Waals surface area contributed by atoms with Crippen molar-refractivity contribution in [2.24, 2.45) is 5.73 Å². The molecule has 1 atom stereocenters. The Morgan fingerprint density at radius 1 is 0.865 bits per heavy atom. The van der Waals surface area contributed by atoms with Crippen LogP contribution in [0.4, 0.5) is 5.69 Å². The Balaban J connectivity index is 1.28. The Morgan fingerprint density at radius 2 is 1.46 bits per heavy atom. The predicted molar refractivity (Wildman–Crippen MR) is 145 cm³/mol. The Morgan fingerprint density at radius 3 is 2.03 bits per heavy atom. The van der Waals surface area contributed by atoms with Crippen LogP contribution in [0, 0.1) is 11.8 Å². The van der Waals surface area contributed by atoms with Crippen LogP contribution in [0.5, 0.6) is 0 Å². The lowest BCUT2D eigenvalue weighted by Gasteiger charge is -2.36. The number of Topliss-reactive ketones (excluding diaryl/α,β-unsaturated/α-hetero) is 1. The van der Waals surface area contributed by atoms with Crippen molar-refractivity contribution in [3.63, 3.8) is 0 Å². The molecule has 3 aromatic rings. The molecule has 3 aromatic carbocycles. The van der Waals surface area contributed by atoms with Crippen molar-refractivity contribution in [1.29, 1.82) is 0 Å². The Kier molecular flexibility index (Phi) is 9.06. The Bertz CT molecular complexity index is 1240. The van der Waals surface area contributed by atoms with E-state index >= 15 is 0 Å². The number of benzene rings is 3. The van der Waals surface area contributed by atoms with Crippen LogP contribution in [0.15, 0.2) is 78.9 Å². The van der Waals surface area contributed by atoms with Crippen LogP contribution in [-0.2, 0) is 11.3 Å². The minimum atomic E-state index is -0.904. The number of hydrogen-bond acceptors (Lipinski definition) is 6. The zero-order valence-electron chi connectivity index (χ0n) is 20.8. The van der Waals surface area contributed by atoms with Crippen molar-refractivity contribution >= 4 is 17.4 Å². The number of carbonyl (C=O) groups excluding carboxylic acids is 2. The van der Waals surface area contributed by atoms with Gasteiger partial charge in [-0.3, -0.25) is 14.5 Å². The van der Waals surface area contributed by atoms with Gasteiger partial charge in [0.05, 0.1) is 0 Å². The number of carbonyl (C=O) groups is 2. The number of nitrogens with one attached hydrogen (secondary N) is 1. The first kappa shape index (κ1) is 26.1. The van der Waals surface area contributed by atoms with Crippen molar-refractivity contribution in [3.8, 4) is 11.8 Å². The zero-order chi connectivity index (χ0) is 26.0. The highest BCUT2D eigenvalue weighted by Gasteiger charge is 2.19. The number of para-hydroxylation sites is 1. The number of amides is 1. The fourth-order valence-electron chi connectivity index (χ4n) is 4.23. The minimum absolute atomic E-state index is 0.0711. The summed E-state index contributed by atoms with van der Waals surface area (Å²) in [5.41, 5.74) is 10.2. The molecule has 1 heterocycles. The summed E-state index contributed by atoms with van der Waals surface area (Å²) in [6, 6.07) is 24.8. The third-order valence-corrected chi connectivity index (χ3v) is 6.44. The van der Waals surface area contributed by atoms with Crippen molar-refractivity contribution < 1.29 is 14.7 Å². The van der Waals surface area contributed by atoms with Crippen LogP contribution >= 0.6 is 0 Å². The highest BCUT2D eigenvalue weighted by molar-refractivity contribution is 5.98. The van der Waals surface area contributed by atoms with E-state index in [4.69, 9.17) is 10.8 Å². The standard InChI is InChI=1S/C30H32N4O3/c31-20-28(29(36)22-35)32-30(37)26-14-12-24(13-15-26)7-6-23-8-10-25(11-9-23)21-33-16-18-34(19-17-33)27-4-2-1-3-5-27/h1-5,8-15,28,35H,16-22,31H2,(H,32,37)/t28-/m0/s1. The maximum atomic E-state index is 12.3. The molecular formula is C30H32N4O3. The molecule has 0 radical (unpaired) electrons. The summed E-state index contributed by atoms with van der Waals surface area (Å²) in [5.74, 6) is 5.35. The lowest BCUT2D eigenvalue weighted by atomic mass is 10.1. The van der Waals surface area contributed by atoms with Crippen LogP contribution in [0.1, 0.15) is 27.0 Å². The van der Waals surface area contributed by atoms with Crippen LogP contribution in [0.3, 0.4) is 0 Å². The van der Waals surface area contributed by atoms with Gasteiger partial charge in [-0.2, -0.15) is 0 Å². The van der Waals surface area contributed by atoms with Crippen LogP contribution in [0.25, 0.3) is 0 Å². The molecule has 7 nitrogen and oxygen atoms in total. The Labute approximate surface area is 217 Å². The highest BCUT2D eigenvalue weighted by Crippen LogP contribution is 2.17. The van der Waals surface area contributed by atoms with Gasteiger partial charge < -0.3 is 21.1 Å². The average molecular weight is 497 g/mol. The van der Waals surface area contributed by atoms with E-state index in [2.05, 4.69) is 69.4 Å². The van der Waals surface area contributed by atoms with Crippen molar-refractivity contribution in [3.05, 3.63) is 101 Å². The molecule has 4 N–H and O–H groups in total. The van der Waals surface area contributed by atoms with E-state index < -0.39 is 24.3 Å². The number of aliphatic hydroxyl groups excluding tert-OH is 1. The summed E-state index contributed by atoms with van der Waals surface area (Å²) in [6.45, 7) is 4.32. The smallest absolute Gasteiger partial charge is 0.251 e. The number of nitrogens with two attached hydrogens (primary N) is 1. The summed E-state index contributed by atoms with van der Waals surface area (Å²) in [4.78, 5) is 28.9. The average Bonchev–Trinajstić information content (AvgIpc) is 2.96. The number of nitrogens with zero attached hydrogens (tertiary/aromatic N) is 2. The molecule has 7 heteroatoms. The third kappa shape index (κ3) is 7.28. The SMILES string of the molecule is NC[C@H](NC(=O)c1ccc(C#Cc2ccc(CN3CCN(c4ccccc4)CC3)cc2)cc1)C(=O)CO. The van der Waals surface area contributed by atoms with Gasteiger partial charge in [-0.15, -0.1) is 0 Å². The van der Waals surface area contributed by atoms with Gasteiger partial charge in [-0.05, 0) is 54.1 Å². The lowest BCUT2D eigenvalue weighted by Crippen LogP contribution is -2.46. The minimum Gasteiger partial charge on any atom is -0.388 e. The molecule has 0 aromatic heterocycles. The molecule has 1 saturated heterocycles. The molecule has 0 unspecified atom stereocenters. The Hall–Kier alpha value is -3.96. The third-order valence-electron chi connectivity index (χ3n) is 6.44. The molecule has 0 saturated carbocycles. The van der Waals surface area contributed by atoms with E-state index in [0.29, 0.717) is 5.56 Å². The normalized spacial score (nSPS) is 14.4. The van der Waals surface area contributed by atoms with Crippen molar-refractivity contribution in [2.75, 3.05) is 44.2 Å². The van der Waals surface area contributed by atoms with Crippen LogP contribution < -0.4 is 16.0 Å². The van der Waals surface area contributed by atoms with Gasteiger partial charge in [0.2, 0.25) is 0 Å². The van der Waals surface area contributed by atoms with Gasteiger partial charge in [-0.25, -0.2) is 0 Å². The number of rotatable bonds is 8. The second-order valence-corrected chi connectivity index (χ2v) is 9.01. The van der Waals surface area contributed by atoms with Gasteiger partial charge in [0, 0.05) is 61.6 Å². The topological polar surface area (TPSA) is 98.9 Å². The number of anilines is 1. The molecule has 1 aliphatic rings. The zero-order valence-corrected chi connectivity index (χ0v) is 20.8. The molecule has 1 amide bonds. The molecule has 0 aliphatic carbocycles. The molecule has 37 heavy (non-hydrogen) atoms.